The van der Waals surface area contributed by atoms with Crippen molar-refractivity contribution >= 4 is 28.7 Å². The molecule has 8 heteroatoms. The van der Waals surface area contributed by atoms with Crippen molar-refractivity contribution in [2.45, 2.75) is 31.4 Å². The van der Waals surface area contributed by atoms with Crippen molar-refractivity contribution in [2.75, 3.05) is 19.7 Å². The molecule has 142 valence electrons. The molecule has 2 aliphatic rings. The predicted octanol–water partition coefficient (Wildman–Crippen LogP) is 0.926. The smallest absolute Gasteiger partial charge is 0.325 e. The molecule has 0 bridgehead atoms. The maximum Gasteiger partial charge on any atom is 0.325 e. The summed E-state index contributed by atoms with van der Waals surface area (Å²) >= 11 is 0. The molecule has 1 aromatic carbocycles. The average molecular weight is 370 g/mol. The zero-order chi connectivity index (χ0) is 18.8. The molecule has 4 amide bonds. The molecule has 1 aromatic heterocycles. The lowest BCUT2D eigenvalue weighted by Crippen LogP contribution is -2.43. The average Bonchev–Trinajstić information content (AvgIpc) is 3.38. The molecule has 2 saturated heterocycles. The van der Waals surface area contributed by atoms with E-state index in [0.717, 1.165) is 34.2 Å². The number of nitrogens with one attached hydrogen (secondary N) is 3. The van der Waals surface area contributed by atoms with Crippen molar-refractivity contribution in [2.24, 2.45) is 0 Å². The van der Waals surface area contributed by atoms with Gasteiger partial charge < -0.3 is 20.4 Å². The van der Waals surface area contributed by atoms with Gasteiger partial charge in [-0.25, -0.2) is 4.79 Å². The number of H-pyrrole nitrogens is 1. The second-order valence-corrected chi connectivity index (χ2v) is 6.93. The monoisotopic (exact) mass is 370 g/mol. The highest BCUT2D eigenvalue weighted by Crippen LogP contribution is 2.21. The van der Waals surface area contributed by atoms with Gasteiger partial charge in [-0.3, -0.25) is 14.5 Å². The molecule has 0 saturated carbocycles. The second-order valence-electron chi connectivity index (χ2n) is 6.93. The maximum absolute atomic E-state index is 12.6. The van der Waals surface area contributed by atoms with E-state index in [0.29, 0.717) is 19.6 Å². The minimum Gasteiger partial charge on any atom is -0.376 e. The van der Waals surface area contributed by atoms with E-state index >= 15 is 0 Å². The predicted molar refractivity (Wildman–Crippen MR) is 98.0 cm³/mol. The third kappa shape index (κ3) is 3.66. The Hall–Kier alpha value is -2.87. The quantitative estimate of drug-likeness (QED) is 0.658. The Kier molecular flexibility index (Phi) is 4.81. The molecular formula is C19H22N4O4. The van der Waals surface area contributed by atoms with Gasteiger partial charge in [0.15, 0.2) is 0 Å². The Morgan fingerprint density at radius 1 is 1.30 bits per heavy atom. The summed E-state index contributed by atoms with van der Waals surface area (Å²) in [7, 11) is 0. The summed E-state index contributed by atoms with van der Waals surface area (Å²) in [5, 5.41) is 6.43. The van der Waals surface area contributed by atoms with Crippen LogP contribution >= 0.6 is 0 Å². The number of nitrogens with zero attached hydrogens (tertiary/aromatic N) is 1. The summed E-state index contributed by atoms with van der Waals surface area (Å²) in [6.07, 6.45) is 4.15. The van der Waals surface area contributed by atoms with Gasteiger partial charge in [-0.05, 0) is 24.5 Å². The third-order valence-electron chi connectivity index (χ3n) is 5.06. The number of ether oxygens (including phenoxy) is 1. The fraction of sp³-hybridized carbons (Fsp3) is 0.421. The first-order valence-electron chi connectivity index (χ1n) is 9.17. The van der Waals surface area contributed by atoms with Crippen molar-refractivity contribution in [3.05, 3.63) is 36.0 Å². The molecule has 4 rings (SSSR count). The van der Waals surface area contributed by atoms with E-state index in [1.807, 2.05) is 30.5 Å². The van der Waals surface area contributed by atoms with Gasteiger partial charge in [0.05, 0.1) is 6.10 Å². The minimum atomic E-state index is -0.664. The molecule has 0 spiro atoms. The molecule has 2 aliphatic heterocycles. The number of imide groups is 1. The first kappa shape index (κ1) is 17.5. The number of urea groups is 1. The van der Waals surface area contributed by atoms with Crippen LogP contribution in [0.4, 0.5) is 4.79 Å². The van der Waals surface area contributed by atoms with E-state index in [-0.39, 0.29) is 24.5 Å². The van der Waals surface area contributed by atoms with Gasteiger partial charge in [-0.2, -0.15) is 0 Å². The molecule has 2 atom stereocenters. The largest absolute Gasteiger partial charge is 0.376 e. The number of aromatic amines is 1. The Morgan fingerprint density at radius 3 is 2.96 bits per heavy atom. The van der Waals surface area contributed by atoms with E-state index in [2.05, 4.69) is 15.6 Å². The SMILES string of the molecule is O=C(CN1C(=O)N[C@@H](Cc2c[nH]c3ccccc23)C1=O)NC[C@@H]1CCCO1. The lowest BCUT2D eigenvalue weighted by molar-refractivity contribution is -0.132. The van der Waals surface area contributed by atoms with Gasteiger partial charge in [0.1, 0.15) is 12.6 Å². The zero-order valence-corrected chi connectivity index (χ0v) is 14.9. The van der Waals surface area contributed by atoms with Crippen LogP contribution in [0.15, 0.2) is 30.5 Å². The summed E-state index contributed by atoms with van der Waals surface area (Å²) in [5.74, 6) is -0.737. The van der Waals surface area contributed by atoms with E-state index < -0.39 is 12.1 Å². The summed E-state index contributed by atoms with van der Waals surface area (Å²) in [6.45, 7) is 0.839. The fourth-order valence-corrected chi connectivity index (χ4v) is 3.62. The van der Waals surface area contributed by atoms with E-state index in [9.17, 15) is 14.4 Å². The van der Waals surface area contributed by atoms with Crippen molar-refractivity contribution in [3.8, 4) is 0 Å². The second kappa shape index (κ2) is 7.40. The van der Waals surface area contributed by atoms with Crippen LogP contribution in [-0.2, 0) is 20.7 Å². The number of hydrogen-bond acceptors (Lipinski definition) is 4. The van der Waals surface area contributed by atoms with Gasteiger partial charge >= 0.3 is 6.03 Å². The van der Waals surface area contributed by atoms with Crippen LogP contribution in [0.5, 0.6) is 0 Å². The summed E-state index contributed by atoms with van der Waals surface area (Å²) in [4.78, 5) is 41.0. The molecule has 27 heavy (non-hydrogen) atoms. The van der Waals surface area contributed by atoms with Crippen LogP contribution in [-0.4, -0.2) is 59.6 Å². The van der Waals surface area contributed by atoms with Crippen LogP contribution < -0.4 is 10.6 Å². The number of fused-ring (bicyclic) bond motifs is 1. The van der Waals surface area contributed by atoms with E-state index in [4.69, 9.17) is 4.74 Å². The number of hydrogen-bond donors (Lipinski definition) is 3. The number of carbonyl (C=O) groups excluding carboxylic acids is 3. The van der Waals surface area contributed by atoms with Crippen LogP contribution in [0.2, 0.25) is 0 Å². The summed E-state index contributed by atoms with van der Waals surface area (Å²) in [6, 6.07) is 6.60. The highest BCUT2D eigenvalue weighted by molar-refractivity contribution is 6.06. The number of benzene rings is 1. The van der Waals surface area contributed by atoms with E-state index in [1.165, 1.54) is 0 Å². The van der Waals surface area contributed by atoms with Crippen molar-refractivity contribution in [1.29, 1.82) is 0 Å². The number of aromatic nitrogens is 1. The third-order valence-corrected chi connectivity index (χ3v) is 5.06. The normalized spacial score (nSPS) is 22.4. The van der Waals surface area contributed by atoms with Crippen LogP contribution in [0.3, 0.4) is 0 Å². The fourth-order valence-electron chi connectivity index (χ4n) is 3.62. The minimum absolute atomic E-state index is 0.0201. The van der Waals surface area contributed by atoms with Gasteiger partial charge in [0, 0.05) is 36.7 Å². The topological polar surface area (TPSA) is 104 Å². The Morgan fingerprint density at radius 2 is 2.15 bits per heavy atom. The Bertz CT molecular complexity index is 871. The number of amides is 4. The van der Waals surface area contributed by atoms with Crippen molar-refractivity contribution < 1.29 is 19.1 Å². The lowest BCUT2D eigenvalue weighted by Gasteiger charge is -2.15. The molecule has 3 N–H and O–H groups in total. The number of para-hydroxylation sites is 1. The van der Waals surface area contributed by atoms with Crippen LogP contribution in [0, 0.1) is 0 Å². The molecular weight excluding hydrogens is 348 g/mol. The molecule has 2 aromatic rings. The molecule has 8 nitrogen and oxygen atoms in total. The molecule has 0 aliphatic carbocycles. The molecule has 2 fully saturated rings. The molecule has 0 unspecified atom stereocenters. The maximum atomic E-state index is 12.6. The number of rotatable bonds is 6. The van der Waals surface area contributed by atoms with Crippen molar-refractivity contribution in [3.63, 3.8) is 0 Å². The van der Waals surface area contributed by atoms with Gasteiger partial charge in [0.25, 0.3) is 5.91 Å². The highest BCUT2D eigenvalue weighted by Gasteiger charge is 2.39. The molecule has 0 radical (unpaired) electrons. The highest BCUT2D eigenvalue weighted by atomic mass is 16.5. The van der Waals surface area contributed by atoms with Crippen LogP contribution in [0.1, 0.15) is 18.4 Å². The van der Waals surface area contributed by atoms with Gasteiger partial charge in [-0.1, -0.05) is 18.2 Å². The first-order chi connectivity index (χ1) is 13.1. The van der Waals surface area contributed by atoms with E-state index in [1.54, 1.807) is 0 Å². The lowest BCUT2D eigenvalue weighted by atomic mass is 10.1. The van der Waals surface area contributed by atoms with Crippen LogP contribution in [0.25, 0.3) is 10.9 Å². The summed E-state index contributed by atoms with van der Waals surface area (Å²) < 4.78 is 5.45. The van der Waals surface area contributed by atoms with Gasteiger partial charge in [-0.15, -0.1) is 0 Å². The Balaban J connectivity index is 1.36. The summed E-state index contributed by atoms with van der Waals surface area (Å²) in [5.41, 5.74) is 1.93. The number of carbonyl (C=O) groups is 3. The standard InChI is InChI=1S/C19H22N4O4/c24-17(21-10-13-4-3-7-27-13)11-23-18(25)16(22-19(23)26)8-12-9-20-15-6-2-1-5-14(12)15/h1-2,5-6,9,13,16,20H,3-4,7-8,10-11H2,(H,21,24)(H,22,26)/t13-,16-/m0/s1. The molecule has 3 heterocycles. The first-order valence-corrected chi connectivity index (χ1v) is 9.17. The zero-order valence-electron chi connectivity index (χ0n) is 14.9. The Labute approximate surface area is 156 Å². The van der Waals surface area contributed by atoms with Crippen molar-refractivity contribution in [1.82, 2.24) is 20.5 Å². The van der Waals surface area contributed by atoms with Gasteiger partial charge in [0.2, 0.25) is 5.91 Å².